The molecule has 2 N–H and O–H groups in total. The molecule has 2 rings (SSSR count). The summed E-state index contributed by atoms with van der Waals surface area (Å²) in [6.07, 6.45) is 4.49. The van der Waals surface area contributed by atoms with Crippen LogP contribution in [0.5, 0.6) is 0 Å². The van der Waals surface area contributed by atoms with E-state index in [0.29, 0.717) is 5.76 Å². The molecule has 0 aliphatic rings. The third-order valence-electron chi connectivity index (χ3n) is 2.94. The van der Waals surface area contributed by atoms with Crippen LogP contribution in [0.4, 0.5) is 0 Å². The Morgan fingerprint density at radius 1 is 1.30 bits per heavy atom. The Bertz CT molecular complexity index is 571. The summed E-state index contributed by atoms with van der Waals surface area (Å²) < 4.78 is 5.08. The number of carbonyl (C=O) groups is 1. The molecule has 0 unspecified atom stereocenters. The van der Waals surface area contributed by atoms with Crippen LogP contribution in [0.3, 0.4) is 0 Å². The summed E-state index contributed by atoms with van der Waals surface area (Å²) in [7, 11) is 0. The molecule has 0 saturated carbocycles. The Kier molecular flexibility index (Phi) is 4.38. The molecular formula is C16H17NO3. The van der Waals surface area contributed by atoms with Crippen molar-refractivity contribution < 1.29 is 14.3 Å². The summed E-state index contributed by atoms with van der Waals surface area (Å²) in [4.78, 5) is 11.7. The van der Waals surface area contributed by atoms with Gasteiger partial charge in [0.2, 0.25) is 5.91 Å². The van der Waals surface area contributed by atoms with Crippen molar-refractivity contribution in [2.75, 3.05) is 6.54 Å². The van der Waals surface area contributed by atoms with E-state index in [9.17, 15) is 9.90 Å². The molecule has 1 amide bonds. The molecule has 104 valence electrons. The van der Waals surface area contributed by atoms with Crippen molar-refractivity contribution >= 4 is 12.0 Å². The zero-order valence-corrected chi connectivity index (χ0v) is 11.2. The van der Waals surface area contributed by atoms with Crippen LogP contribution in [0.2, 0.25) is 0 Å². The highest BCUT2D eigenvalue weighted by molar-refractivity contribution is 5.91. The van der Waals surface area contributed by atoms with Crippen molar-refractivity contribution in [2.45, 2.75) is 12.5 Å². The molecular weight excluding hydrogens is 254 g/mol. The van der Waals surface area contributed by atoms with Crippen molar-refractivity contribution in [3.05, 3.63) is 66.1 Å². The Balaban J connectivity index is 1.90. The lowest BCUT2D eigenvalue weighted by molar-refractivity contribution is -0.117. The van der Waals surface area contributed by atoms with Crippen molar-refractivity contribution in [3.8, 4) is 0 Å². The molecule has 1 aromatic heterocycles. The lowest BCUT2D eigenvalue weighted by atomic mass is 9.96. The van der Waals surface area contributed by atoms with Gasteiger partial charge in [-0.2, -0.15) is 0 Å². The second-order valence-corrected chi connectivity index (χ2v) is 4.71. The van der Waals surface area contributed by atoms with Crippen molar-refractivity contribution in [3.63, 3.8) is 0 Å². The number of benzene rings is 1. The number of nitrogens with one attached hydrogen (secondary N) is 1. The molecule has 1 aromatic carbocycles. The van der Waals surface area contributed by atoms with Gasteiger partial charge in [-0.15, -0.1) is 0 Å². The normalized spacial score (nSPS) is 14.1. The first-order valence-electron chi connectivity index (χ1n) is 6.35. The van der Waals surface area contributed by atoms with Crippen molar-refractivity contribution in [1.82, 2.24) is 5.32 Å². The smallest absolute Gasteiger partial charge is 0.244 e. The maximum atomic E-state index is 11.7. The SMILES string of the molecule is C[C@](O)(CNC(=O)/C=C/c1ccco1)c1ccccc1. The predicted molar refractivity (Wildman–Crippen MR) is 76.8 cm³/mol. The van der Waals surface area contributed by atoms with E-state index >= 15 is 0 Å². The second kappa shape index (κ2) is 6.21. The van der Waals surface area contributed by atoms with E-state index in [2.05, 4.69) is 5.32 Å². The van der Waals surface area contributed by atoms with E-state index in [4.69, 9.17) is 4.42 Å². The molecule has 0 bridgehead atoms. The van der Waals surface area contributed by atoms with Crippen LogP contribution in [-0.4, -0.2) is 17.6 Å². The van der Waals surface area contributed by atoms with E-state index in [0.717, 1.165) is 5.56 Å². The number of rotatable bonds is 5. The van der Waals surface area contributed by atoms with Crippen molar-refractivity contribution in [2.24, 2.45) is 0 Å². The van der Waals surface area contributed by atoms with E-state index < -0.39 is 5.60 Å². The van der Waals surface area contributed by atoms with Gasteiger partial charge in [-0.3, -0.25) is 4.79 Å². The predicted octanol–water partition coefficient (Wildman–Crippen LogP) is 2.32. The third kappa shape index (κ3) is 3.83. The number of carbonyl (C=O) groups excluding carboxylic acids is 1. The van der Waals surface area contributed by atoms with Gasteiger partial charge in [-0.1, -0.05) is 30.3 Å². The van der Waals surface area contributed by atoms with Crippen LogP contribution < -0.4 is 5.32 Å². The van der Waals surface area contributed by atoms with Gasteiger partial charge in [0, 0.05) is 6.08 Å². The Morgan fingerprint density at radius 2 is 2.05 bits per heavy atom. The van der Waals surface area contributed by atoms with Gasteiger partial charge in [0.25, 0.3) is 0 Å². The Hall–Kier alpha value is -2.33. The minimum Gasteiger partial charge on any atom is -0.465 e. The van der Waals surface area contributed by atoms with E-state index in [1.165, 1.54) is 12.3 Å². The van der Waals surface area contributed by atoms with Crippen LogP contribution >= 0.6 is 0 Å². The summed E-state index contributed by atoms with van der Waals surface area (Å²) in [5.41, 5.74) is -0.342. The first kappa shape index (κ1) is 14.1. The molecule has 0 aliphatic carbocycles. The average molecular weight is 271 g/mol. The van der Waals surface area contributed by atoms with Crippen LogP contribution in [0.1, 0.15) is 18.2 Å². The molecule has 0 radical (unpaired) electrons. The minimum atomic E-state index is -1.10. The quantitative estimate of drug-likeness (QED) is 0.820. The molecule has 0 saturated heterocycles. The van der Waals surface area contributed by atoms with Crippen LogP contribution in [0, 0.1) is 0 Å². The fraction of sp³-hybridized carbons (Fsp3) is 0.188. The van der Waals surface area contributed by atoms with Gasteiger partial charge >= 0.3 is 0 Å². The minimum absolute atomic E-state index is 0.137. The van der Waals surface area contributed by atoms with E-state index in [1.807, 2.05) is 30.3 Å². The monoisotopic (exact) mass is 271 g/mol. The van der Waals surface area contributed by atoms with Crippen molar-refractivity contribution in [1.29, 1.82) is 0 Å². The van der Waals surface area contributed by atoms with Gasteiger partial charge in [0.15, 0.2) is 0 Å². The highest BCUT2D eigenvalue weighted by Gasteiger charge is 2.22. The fourth-order valence-corrected chi connectivity index (χ4v) is 1.76. The molecule has 4 nitrogen and oxygen atoms in total. The first-order chi connectivity index (χ1) is 9.58. The van der Waals surface area contributed by atoms with Crippen LogP contribution in [-0.2, 0) is 10.4 Å². The molecule has 0 fully saturated rings. The number of aliphatic hydroxyl groups is 1. The number of hydrogen-bond donors (Lipinski definition) is 2. The average Bonchev–Trinajstić information content (AvgIpc) is 2.97. The van der Waals surface area contributed by atoms with Crippen LogP contribution in [0.15, 0.2) is 59.2 Å². The number of amides is 1. The van der Waals surface area contributed by atoms with Gasteiger partial charge in [-0.25, -0.2) is 0 Å². The maximum absolute atomic E-state index is 11.7. The maximum Gasteiger partial charge on any atom is 0.244 e. The zero-order chi connectivity index (χ0) is 14.4. The summed E-state index contributed by atoms with van der Waals surface area (Å²) in [6, 6.07) is 12.7. The van der Waals surface area contributed by atoms with Gasteiger partial charge in [0.05, 0.1) is 12.8 Å². The van der Waals surface area contributed by atoms with Gasteiger partial charge in [0.1, 0.15) is 11.4 Å². The number of furan rings is 1. The topological polar surface area (TPSA) is 62.5 Å². The number of hydrogen-bond acceptors (Lipinski definition) is 3. The third-order valence-corrected chi connectivity index (χ3v) is 2.94. The summed E-state index contributed by atoms with van der Waals surface area (Å²) in [6.45, 7) is 1.80. The summed E-state index contributed by atoms with van der Waals surface area (Å²) in [5.74, 6) is 0.326. The first-order valence-corrected chi connectivity index (χ1v) is 6.35. The summed E-state index contributed by atoms with van der Waals surface area (Å²) >= 11 is 0. The summed E-state index contributed by atoms with van der Waals surface area (Å²) in [5, 5.41) is 13.0. The largest absolute Gasteiger partial charge is 0.465 e. The second-order valence-electron chi connectivity index (χ2n) is 4.71. The molecule has 20 heavy (non-hydrogen) atoms. The molecule has 1 atom stereocenters. The highest BCUT2D eigenvalue weighted by Crippen LogP contribution is 2.18. The fourth-order valence-electron chi connectivity index (χ4n) is 1.76. The molecule has 0 aliphatic heterocycles. The molecule has 0 spiro atoms. The standard InChI is InChI=1S/C16H17NO3/c1-16(19,13-6-3-2-4-7-13)12-17-15(18)10-9-14-8-5-11-20-14/h2-11,19H,12H2,1H3,(H,17,18)/b10-9+/t16-/m0/s1. The van der Waals surface area contributed by atoms with E-state index in [-0.39, 0.29) is 12.5 Å². The molecule has 2 aromatic rings. The lowest BCUT2D eigenvalue weighted by Crippen LogP contribution is -2.37. The lowest BCUT2D eigenvalue weighted by Gasteiger charge is -2.23. The van der Waals surface area contributed by atoms with Crippen LogP contribution in [0.25, 0.3) is 6.08 Å². The van der Waals surface area contributed by atoms with Gasteiger partial charge in [-0.05, 0) is 30.7 Å². The Labute approximate surface area is 117 Å². The molecule has 4 heteroatoms. The van der Waals surface area contributed by atoms with Gasteiger partial charge < -0.3 is 14.8 Å². The molecule has 1 heterocycles. The zero-order valence-electron chi connectivity index (χ0n) is 11.2. The Morgan fingerprint density at radius 3 is 2.70 bits per heavy atom. The highest BCUT2D eigenvalue weighted by atomic mass is 16.3. The van der Waals surface area contributed by atoms with E-state index in [1.54, 1.807) is 25.1 Å².